The number of para-hydroxylation sites is 1. The van der Waals surface area contributed by atoms with E-state index in [9.17, 15) is 4.79 Å². The molecule has 3 rings (SSSR count). The first kappa shape index (κ1) is 19.2. The Morgan fingerprint density at radius 1 is 1.16 bits per heavy atom. The van der Waals surface area contributed by atoms with E-state index in [1.54, 1.807) is 7.11 Å². The van der Waals surface area contributed by atoms with E-state index in [4.69, 9.17) is 15.2 Å². The standard InChI is InChI=1S/C19H22N2O3.ClH/c1-23-17-8-3-2-7-16(17)14-5-4-6-15(13-14)21-18(22)19(20)9-11-24-12-10-19;/h2-8,13H,9-12,20H2,1H3,(H,21,22);1H. The summed E-state index contributed by atoms with van der Waals surface area (Å²) < 4.78 is 10.7. The van der Waals surface area contributed by atoms with Crippen molar-refractivity contribution in [2.24, 2.45) is 5.73 Å². The third kappa shape index (κ3) is 4.31. The van der Waals surface area contributed by atoms with E-state index in [-0.39, 0.29) is 18.3 Å². The molecule has 0 aromatic heterocycles. The number of ether oxygens (including phenoxy) is 2. The third-order valence-corrected chi connectivity index (χ3v) is 4.38. The Labute approximate surface area is 153 Å². The molecular formula is C19H23ClN2O3. The molecular weight excluding hydrogens is 340 g/mol. The number of nitrogens with one attached hydrogen (secondary N) is 1. The molecule has 0 atom stereocenters. The molecule has 2 aromatic carbocycles. The van der Waals surface area contributed by atoms with Crippen molar-refractivity contribution in [3.05, 3.63) is 48.5 Å². The molecule has 1 aliphatic rings. The Kier molecular flexibility index (Phi) is 6.42. The summed E-state index contributed by atoms with van der Waals surface area (Å²) in [4.78, 5) is 12.5. The quantitative estimate of drug-likeness (QED) is 0.875. The van der Waals surface area contributed by atoms with E-state index in [1.807, 2.05) is 48.5 Å². The van der Waals surface area contributed by atoms with Crippen LogP contribution in [0.2, 0.25) is 0 Å². The van der Waals surface area contributed by atoms with Gasteiger partial charge < -0.3 is 20.5 Å². The van der Waals surface area contributed by atoms with E-state index in [2.05, 4.69) is 5.32 Å². The maximum absolute atomic E-state index is 12.5. The van der Waals surface area contributed by atoms with Crippen LogP contribution >= 0.6 is 12.4 Å². The normalized spacial score (nSPS) is 15.8. The van der Waals surface area contributed by atoms with Gasteiger partial charge in [-0.25, -0.2) is 0 Å². The average Bonchev–Trinajstić information content (AvgIpc) is 2.62. The summed E-state index contributed by atoms with van der Waals surface area (Å²) in [7, 11) is 1.65. The lowest BCUT2D eigenvalue weighted by Crippen LogP contribution is -2.54. The second-order valence-electron chi connectivity index (χ2n) is 6.00. The van der Waals surface area contributed by atoms with Crippen LogP contribution in [0.5, 0.6) is 5.75 Å². The molecule has 1 saturated heterocycles. The molecule has 1 fully saturated rings. The second kappa shape index (κ2) is 8.34. The highest BCUT2D eigenvalue weighted by molar-refractivity contribution is 5.98. The molecule has 5 nitrogen and oxygen atoms in total. The summed E-state index contributed by atoms with van der Waals surface area (Å²) in [6, 6.07) is 15.5. The van der Waals surface area contributed by atoms with E-state index in [0.717, 1.165) is 22.6 Å². The monoisotopic (exact) mass is 362 g/mol. The van der Waals surface area contributed by atoms with Gasteiger partial charge in [-0.15, -0.1) is 12.4 Å². The predicted octanol–water partition coefficient (Wildman–Crippen LogP) is 3.23. The molecule has 6 heteroatoms. The minimum Gasteiger partial charge on any atom is -0.496 e. The molecule has 1 heterocycles. The Morgan fingerprint density at radius 2 is 1.88 bits per heavy atom. The number of carbonyl (C=O) groups excluding carboxylic acids is 1. The average molecular weight is 363 g/mol. The van der Waals surface area contributed by atoms with Gasteiger partial charge in [-0.1, -0.05) is 30.3 Å². The molecule has 3 N–H and O–H groups in total. The summed E-state index contributed by atoms with van der Waals surface area (Å²) in [5.74, 6) is 0.628. The molecule has 0 unspecified atom stereocenters. The lowest BCUT2D eigenvalue weighted by atomic mass is 9.90. The van der Waals surface area contributed by atoms with E-state index in [0.29, 0.717) is 26.1 Å². The van der Waals surface area contributed by atoms with Crippen molar-refractivity contribution in [1.29, 1.82) is 0 Å². The maximum Gasteiger partial charge on any atom is 0.244 e. The first-order chi connectivity index (χ1) is 11.6. The van der Waals surface area contributed by atoms with Crippen LogP contribution in [0.1, 0.15) is 12.8 Å². The molecule has 0 spiro atoms. The van der Waals surface area contributed by atoms with Gasteiger partial charge in [0, 0.05) is 24.5 Å². The lowest BCUT2D eigenvalue weighted by molar-refractivity contribution is -0.124. The maximum atomic E-state index is 12.5. The molecule has 0 aliphatic carbocycles. The van der Waals surface area contributed by atoms with Gasteiger partial charge in [-0.3, -0.25) is 4.79 Å². The zero-order valence-corrected chi connectivity index (χ0v) is 15.0. The molecule has 0 radical (unpaired) electrons. The van der Waals surface area contributed by atoms with Crippen molar-refractivity contribution in [3.8, 4) is 16.9 Å². The van der Waals surface area contributed by atoms with Crippen LogP contribution < -0.4 is 15.8 Å². The van der Waals surface area contributed by atoms with Crippen molar-refractivity contribution in [3.63, 3.8) is 0 Å². The van der Waals surface area contributed by atoms with Crippen LogP contribution in [0.3, 0.4) is 0 Å². The third-order valence-electron chi connectivity index (χ3n) is 4.38. The number of anilines is 1. The van der Waals surface area contributed by atoms with Crippen molar-refractivity contribution in [1.82, 2.24) is 0 Å². The van der Waals surface area contributed by atoms with Gasteiger partial charge in [-0.05, 0) is 36.6 Å². The number of amides is 1. The van der Waals surface area contributed by atoms with Crippen LogP contribution in [0.15, 0.2) is 48.5 Å². The number of benzene rings is 2. The fourth-order valence-corrected chi connectivity index (χ4v) is 2.87. The number of hydrogen-bond donors (Lipinski definition) is 2. The Morgan fingerprint density at radius 3 is 2.60 bits per heavy atom. The Balaban J connectivity index is 0.00000225. The number of halogens is 1. The molecule has 0 saturated carbocycles. The predicted molar refractivity (Wildman–Crippen MR) is 101 cm³/mol. The molecule has 2 aromatic rings. The second-order valence-corrected chi connectivity index (χ2v) is 6.00. The number of hydrogen-bond acceptors (Lipinski definition) is 4. The highest BCUT2D eigenvalue weighted by Gasteiger charge is 2.35. The molecule has 134 valence electrons. The molecule has 25 heavy (non-hydrogen) atoms. The van der Waals surface area contributed by atoms with Gasteiger partial charge in [0.2, 0.25) is 5.91 Å². The molecule has 1 amide bonds. The first-order valence-corrected chi connectivity index (χ1v) is 8.04. The summed E-state index contributed by atoms with van der Waals surface area (Å²) in [5, 5.41) is 2.94. The highest BCUT2D eigenvalue weighted by Crippen LogP contribution is 2.31. The van der Waals surface area contributed by atoms with E-state index < -0.39 is 5.54 Å². The van der Waals surface area contributed by atoms with Crippen molar-refractivity contribution in [2.45, 2.75) is 18.4 Å². The van der Waals surface area contributed by atoms with Gasteiger partial charge in [0.05, 0.1) is 7.11 Å². The van der Waals surface area contributed by atoms with Gasteiger partial charge in [0.1, 0.15) is 11.3 Å². The zero-order chi connectivity index (χ0) is 17.0. The van der Waals surface area contributed by atoms with Gasteiger partial charge in [0.15, 0.2) is 0 Å². The summed E-state index contributed by atoms with van der Waals surface area (Å²) >= 11 is 0. The van der Waals surface area contributed by atoms with Gasteiger partial charge >= 0.3 is 0 Å². The largest absolute Gasteiger partial charge is 0.496 e. The molecule has 0 bridgehead atoms. The first-order valence-electron chi connectivity index (χ1n) is 8.04. The van der Waals surface area contributed by atoms with Gasteiger partial charge in [-0.2, -0.15) is 0 Å². The topological polar surface area (TPSA) is 73.6 Å². The van der Waals surface area contributed by atoms with E-state index in [1.165, 1.54) is 0 Å². The molecule has 1 aliphatic heterocycles. The summed E-state index contributed by atoms with van der Waals surface area (Å²) in [6.07, 6.45) is 1.07. The van der Waals surface area contributed by atoms with Crippen LogP contribution in [-0.4, -0.2) is 31.8 Å². The minimum atomic E-state index is -0.862. The van der Waals surface area contributed by atoms with Crippen molar-refractivity contribution < 1.29 is 14.3 Å². The number of rotatable bonds is 4. The SMILES string of the molecule is COc1ccccc1-c1cccc(NC(=O)C2(N)CCOCC2)c1.Cl. The smallest absolute Gasteiger partial charge is 0.244 e. The lowest BCUT2D eigenvalue weighted by Gasteiger charge is -2.31. The van der Waals surface area contributed by atoms with Crippen LogP contribution in [0.25, 0.3) is 11.1 Å². The fourth-order valence-electron chi connectivity index (χ4n) is 2.87. The van der Waals surface area contributed by atoms with Crippen molar-refractivity contribution >= 4 is 24.0 Å². The van der Waals surface area contributed by atoms with Gasteiger partial charge in [0.25, 0.3) is 0 Å². The number of methoxy groups -OCH3 is 1. The zero-order valence-electron chi connectivity index (χ0n) is 14.2. The summed E-state index contributed by atoms with van der Waals surface area (Å²) in [5.41, 5.74) is 8.04. The van der Waals surface area contributed by atoms with Crippen molar-refractivity contribution in [2.75, 3.05) is 25.6 Å². The van der Waals surface area contributed by atoms with Crippen LogP contribution in [0.4, 0.5) is 5.69 Å². The van der Waals surface area contributed by atoms with Crippen LogP contribution in [0, 0.1) is 0 Å². The number of carbonyl (C=O) groups is 1. The fraction of sp³-hybridized carbons (Fsp3) is 0.316. The Bertz CT molecular complexity index is 730. The Hall–Kier alpha value is -2.08. The highest BCUT2D eigenvalue weighted by atomic mass is 35.5. The number of nitrogens with two attached hydrogens (primary N) is 1. The van der Waals surface area contributed by atoms with Crippen LogP contribution in [-0.2, 0) is 9.53 Å². The van der Waals surface area contributed by atoms with E-state index >= 15 is 0 Å². The summed E-state index contributed by atoms with van der Waals surface area (Å²) in [6.45, 7) is 1.04. The minimum absolute atomic E-state index is 0.